The number of carbonyl (C=O) groups excluding carboxylic acids is 1. The molecule has 6 fully saturated rings. The maximum Gasteiger partial charge on any atom is 0.329 e. The first kappa shape index (κ1) is 28.7. The van der Waals surface area contributed by atoms with Crippen molar-refractivity contribution in [3.05, 3.63) is 64.7 Å². The number of anilines is 2. The number of fused-ring (bicyclic) bond motifs is 7. The van der Waals surface area contributed by atoms with Crippen LogP contribution < -0.4 is 15.0 Å². The van der Waals surface area contributed by atoms with Crippen LogP contribution in [0, 0.1) is 11.3 Å². The van der Waals surface area contributed by atoms with Crippen LogP contribution in [0.1, 0.15) is 81.9 Å². The number of methoxy groups -OCH3 is 1. The normalized spacial score (nSPS) is 46.0. The maximum absolute atomic E-state index is 14.0. The molecule has 9 atom stereocenters. The molecule has 2 N–H and O–H groups in total. The standard InChI is InChI=1S/C40H49N4O4/c1-4-25-23-42-16-14-39-28-9-6-7-10-31(28)43-34(35(45)47-3)27(25)20-33(42)37(39,43)22-26-19-29-30(21-32(26)48-39)41-40-13-12-36(5-2)11-8-17-44(40,24-36)18-15-38(29,40)46/h4,6-7,9-10,19,21,27,33-34,41,46H,5,8,11-18,20,22-24H2,1-3H3/q+1/b25-4-/t27-,33-,34-,36+,37+,38+,39-,40-,44?/m0/s1. The molecular formula is C40H49N4O4+. The quantitative estimate of drug-likeness (QED) is 0.264. The van der Waals surface area contributed by atoms with E-state index in [0.717, 1.165) is 85.5 Å². The third kappa shape index (κ3) is 2.84. The summed E-state index contributed by atoms with van der Waals surface area (Å²) in [5.74, 6) is 0.897. The van der Waals surface area contributed by atoms with Gasteiger partial charge in [-0.2, -0.15) is 0 Å². The molecule has 9 heterocycles. The zero-order chi connectivity index (χ0) is 32.5. The Kier molecular flexibility index (Phi) is 5.27. The molecule has 1 unspecified atom stereocenters. The van der Waals surface area contributed by atoms with E-state index < -0.39 is 22.8 Å². The van der Waals surface area contributed by atoms with E-state index >= 15 is 0 Å². The number of allylic oxidation sites excluding steroid dienone is 1. The first-order valence-electron chi connectivity index (χ1n) is 18.8. The molecule has 0 aliphatic carbocycles. The van der Waals surface area contributed by atoms with E-state index in [2.05, 4.69) is 71.4 Å². The number of esters is 1. The second-order valence-corrected chi connectivity index (χ2v) is 17.1. The maximum atomic E-state index is 14.0. The molecule has 4 bridgehead atoms. The van der Waals surface area contributed by atoms with Crippen LogP contribution in [0.5, 0.6) is 5.75 Å². The predicted molar refractivity (Wildman–Crippen MR) is 183 cm³/mol. The Morgan fingerprint density at radius 3 is 2.85 bits per heavy atom. The molecule has 0 amide bonds. The lowest BCUT2D eigenvalue weighted by Crippen LogP contribution is -2.82. The SMILES string of the molecule is C/C=C1/CN2CC[C@@]34Oc5cc6c(cc5C[C@@]35[C@@H]2C[C@@H]1[C@@H](C(=O)OC)N5c1ccccc14)[C@]1(O)CC[N+]23CCC[C@](CC)(CC[C@@]12N6)C3. The highest BCUT2D eigenvalue weighted by Gasteiger charge is 2.79. The molecule has 3 spiro atoms. The number of benzene rings is 2. The van der Waals surface area contributed by atoms with Crippen LogP contribution in [-0.4, -0.2) is 83.6 Å². The number of para-hydroxylation sites is 1. The lowest BCUT2D eigenvalue weighted by molar-refractivity contribution is -0.981. The van der Waals surface area contributed by atoms with Crippen molar-refractivity contribution in [2.24, 2.45) is 11.3 Å². The van der Waals surface area contributed by atoms with Crippen molar-refractivity contribution in [1.82, 2.24) is 4.90 Å². The molecule has 2 aromatic rings. The molecule has 0 radical (unpaired) electrons. The summed E-state index contributed by atoms with van der Waals surface area (Å²) < 4.78 is 14.2. The number of aliphatic hydroxyl groups is 1. The molecule has 0 saturated carbocycles. The van der Waals surface area contributed by atoms with E-state index in [1.165, 1.54) is 48.9 Å². The van der Waals surface area contributed by atoms with Crippen molar-refractivity contribution in [3.63, 3.8) is 0 Å². The van der Waals surface area contributed by atoms with E-state index in [-0.39, 0.29) is 23.6 Å². The van der Waals surface area contributed by atoms with Gasteiger partial charge in [-0.3, -0.25) is 9.38 Å². The Hall–Kier alpha value is -3.07. The van der Waals surface area contributed by atoms with Crippen LogP contribution in [-0.2, 0) is 27.2 Å². The van der Waals surface area contributed by atoms with Gasteiger partial charge >= 0.3 is 5.97 Å². The molecule has 8 nitrogen and oxygen atoms in total. The van der Waals surface area contributed by atoms with Crippen molar-refractivity contribution in [2.75, 3.05) is 50.1 Å². The summed E-state index contributed by atoms with van der Waals surface area (Å²) in [4.78, 5) is 19.2. The summed E-state index contributed by atoms with van der Waals surface area (Å²) in [5, 5.41) is 17.1. The van der Waals surface area contributed by atoms with E-state index in [1.54, 1.807) is 7.11 Å². The van der Waals surface area contributed by atoms with Gasteiger partial charge < -0.3 is 24.8 Å². The van der Waals surface area contributed by atoms with E-state index in [4.69, 9.17) is 9.47 Å². The summed E-state index contributed by atoms with van der Waals surface area (Å²) in [7, 11) is 1.54. The number of rotatable bonds is 2. The van der Waals surface area contributed by atoms with E-state index in [0.29, 0.717) is 5.41 Å². The lowest BCUT2D eigenvalue weighted by Gasteiger charge is -2.68. The predicted octanol–water partition coefficient (Wildman–Crippen LogP) is 5.19. The van der Waals surface area contributed by atoms with Gasteiger partial charge in [0.1, 0.15) is 17.3 Å². The van der Waals surface area contributed by atoms with Gasteiger partial charge in [0.15, 0.2) is 11.2 Å². The molecule has 8 heteroatoms. The number of ether oxygens (including phenoxy) is 2. The third-order valence-corrected chi connectivity index (χ3v) is 16.1. The first-order chi connectivity index (χ1) is 23.2. The number of nitrogens with zero attached hydrogens (tertiary/aromatic N) is 3. The zero-order valence-corrected chi connectivity index (χ0v) is 28.7. The second kappa shape index (κ2) is 8.80. The fourth-order valence-electron chi connectivity index (χ4n) is 14.1. The van der Waals surface area contributed by atoms with Crippen molar-refractivity contribution < 1.29 is 23.9 Å². The molecule has 11 rings (SSSR count). The molecule has 2 aromatic carbocycles. The smallest absolute Gasteiger partial charge is 0.329 e. The topological polar surface area (TPSA) is 74.3 Å². The third-order valence-electron chi connectivity index (χ3n) is 16.1. The minimum absolute atomic E-state index is 0.104. The zero-order valence-electron chi connectivity index (χ0n) is 28.7. The highest BCUT2D eigenvalue weighted by atomic mass is 16.5. The number of nitrogens with one attached hydrogen (secondary N) is 1. The minimum atomic E-state index is -0.903. The van der Waals surface area contributed by atoms with Gasteiger partial charge in [-0.1, -0.05) is 36.8 Å². The summed E-state index contributed by atoms with van der Waals surface area (Å²) in [6.07, 6.45) is 11.6. The highest BCUT2D eigenvalue weighted by molar-refractivity contribution is 5.86. The van der Waals surface area contributed by atoms with Gasteiger partial charge in [-0.05, 0) is 56.7 Å². The van der Waals surface area contributed by atoms with Gasteiger partial charge in [0.2, 0.25) is 5.66 Å². The Morgan fingerprint density at radius 2 is 2.02 bits per heavy atom. The summed E-state index contributed by atoms with van der Waals surface area (Å²) in [6.45, 7) is 9.74. The second-order valence-electron chi connectivity index (χ2n) is 17.1. The lowest BCUT2D eigenvalue weighted by atomic mass is 9.57. The van der Waals surface area contributed by atoms with Crippen LogP contribution in [0.15, 0.2) is 48.0 Å². The molecule has 9 aliphatic heterocycles. The van der Waals surface area contributed by atoms with Crippen molar-refractivity contribution in [2.45, 2.75) is 106 Å². The van der Waals surface area contributed by atoms with Gasteiger partial charge in [0.05, 0.1) is 26.7 Å². The van der Waals surface area contributed by atoms with Gasteiger partial charge in [0, 0.05) is 84.7 Å². The largest absolute Gasteiger partial charge is 0.480 e. The summed E-state index contributed by atoms with van der Waals surface area (Å²) in [5.41, 5.74) is 5.10. The monoisotopic (exact) mass is 649 g/mol. The first-order valence-corrected chi connectivity index (χ1v) is 18.8. The van der Waals surface area contributed by atoms with Crippen LogP contribution in [0.3, 0.4) is 0 Å². The Bertz CT molecular complexity index is 1840. The number of piperidine rings is 5. The molecule has 6 saturated heterocycles. The fraction of sp³-hybridized carbons (Fsp3) is 0.625. The average Bonchev–Trinajstić information content (AvgIpc) is 3.61. The Balaban J connectivity index is 1.09. The molecular weight excluding hydrogens is 600 g/mol. The number of hydrogen-bond donors (Lipinski definition) is 2. The average molecular weight is 650 g/mol. The number of quaternary nitrogens is 1. The Labute approximate surface area is 283 Å². The van der Waals surface area contributed by atoms with E-state index in [9.17, 15) is 9.90 Å². The highest BCUT2D eigenvalue weighted by Crippen LogP contribution is 2.70. The van der Waals surface area contributed by atoms with Crippen molar-refractivity contribution in [1.29, 1.82) is 0 Å². The summed E-state index contributed by atoms with van der Waals surface area (Å²) in [6, 6.07) is 13.1. The van der Waals surface area contributed by atoms with Crippen LogP contribution in [0.4, 0.5) is 11.4 Å². The van der Waals surface area contributed by atoms with Gasteiger partial charge in [-0.15, -0.1) is 0 Å². The van der Waals surface area contributed by atoms with E-state index in [1.807, 2.05) is 0 Å². The number of carbonyl (C=O) groups is 1. The minimum Gasteiger partial charge on any atom is -0.480 e. The molecule has 9 aliphatic rings. The van der Waals surface area contributed by atoms with Crippen LogP contribution >= 0.6 is 0 Å². The molecule has 48 heavy (non-hydrogen) atoms. The molecule has 252 valence electrons. The van der Waals surface area contributed by atoms with Crippen molar-refractivity contribution in [3.8, 4) is 5.75 Å². The fourth-order valence-corrected chi connectivity index (χ4v) is 14.1. The van der Waals surface area contributed by atoms with Gasteiger partial charge in [0.25, 0.3) is 0 Å². The van der Waals surface area contributed by atoms with Crippen LogP contribution in [0.2, 0.25) is 0 Å². The molecule has 0 aromatic heterocycles. The Morgan fingerprint density at radius 1 is 1.15 bits per heavy atom. The van der Waals surface area contributed by atoms with Gasteiger partial charge in [-0.25, -0.2) is 4.79 Å². The van der Waals surface area contributed by atoms with Crippen LogP contribution in [0.25, 0.3) is 0 Å². The number of hydrogen-bond acceptors (Lipinski definition) is 7. The summed E-state index contributed by atoms with van der Waals surface area (Å²) >= 11 is 0. The van der Waals surface area contributed by atoms with Crippen molar-refractivity contribution >= 4 is 17.3 Å².